The van der Waals surface area contributed by atoms with Gasteiger partial charge in [0.15, 0.2) is 23.8 Å². The number of unbranched alkanes of at least 4 members (excludes halogenated alkanes) is 1. The van der Waals surface area contributed by atoms with Crippen LogP contribution < -0.4 is 5.32 Å². The summed E-state index contributed by atoms with van der Waals surface area (Å²) in [6.45, 7) is 14.7. The van der Waals surface area contributed by atoms with Crippen LogP contribution in [0.5, 0.6) is 0 Å². The van der Waals surface area contributed by atoms with Crippen molar-refractivity contribution in [2.45, 2.75) is 142 Å². The van der Waals surface area contributed by atoms with E-state index in [1.54, 1.807) is 20.8 Å². The number of ketones is 1. The van der Waals surface area contributed by atoms with Gasteiger partial charge in [0.25, 0.3) is 5.91 Å². The summed E-state index contributed by atoms with van der Waals surface area (Å²) in [5.74, 6) is -4.72. The summed E-state index contributed by atoms with van der Waals surface area (Å²) in [6, 6.07) is 14.9. The maximum Gasteiger partial charge on any atom is 0.509 e. The lowest BCUT2D eigenvalue weighted by molar-refractivity contribution is -0.295. The van der Waals surface area contributed by atoms with Crippen LogP contribution in [0, 0.1) is 23.7 Å². The van der Waals surface area contributed by atoms with E-state index in [9.17, 15) is 24.3 Å². The number of esters is 1. The van der Waals surface area contributed by atoms with E-state index in [4.69, 9.17) is 43.4 Å². The van der Waals surface area contributed by atoms with Crippen molar-refractivity contribution in [3.8, 4) is 0 Å². The van der Waals surface area contributed by atoms with Gasteiger partial charge in [0, 0.05) is 48.2 Å². The van der Waals surface area contributed by atoms with E-state index >= 15 is 0 Å². The van der Waals surface area contributed by atoms with Gasteiger partial charge in [-0.25, -0.2) is 9.78 Å². The SMILES string of the molecule is CC[C@H]1OC(=O)[C@H](C)C(=O)[C@H](C)[C@@H](O[C@@H]2O[C@H](C)C[C@H](N(C)C)[C@H]2O)[C@](C)(OC)C[C@@H](C)/C(=N\OCCCCNC(=O)c2c3ccccc3nc3ccccc23)[C@H](C)[C@H]2OC(=O)O[C@@]21C. The van der Waals surface area contributed by atoms with Crippen LogP contribution in [0.15, 0.2) is 53.7 Å². The second-order valence-electron chi connectivity index (χ2n) is 18.7. The summed E-state index contributed by atoms with van der Waals surface area (Å²) in [4.78, 5) is 67.6. The number of likely N-dealkylation sites (N-methyl/N-ethyl adjacent to an activating group) is 1. The maximum atomic E-state index is 14.4. The Bertz CT molecular complexity index is 2170. The average molecular weight is 905 g/mol. The highest BCUT2D eigenvalue weighted by molar-refractivity contribution is 6.16. The molecule has 0 radical (unpaired) electrons. The molecule has 0 unspecified atom stereocenters. The van der Waals surface area contributed by atoms with Gasteiger partial charge in [0.1, 0.15) is 24.7 Å². The van der Waals surface area contributed by atoms with Gasteiger partial charge in [-0.3, -0.25) is 14.4 Å². The van der Waals surface area contributed by atoms with E-state index in [2.05, 4.69) is 5.32 Å². The molecule has 6 rings (SSSR count). The minimum Gasteiger partial charge on any atom is -0.457 e. The fourth-order valence-corrected chi connectivity index (χ4v) is 10.0. The lowest BCUT2D eigenvalue weighted by Gasteiger charge is -2.47. The number of oxime groups is 1. The molecular formula is C49H68N4O12. The molecule has 4 heterocycles. The first-order valence-electron chi connectivity index (χ1n) is 22.9. The second-order valence-corrected chi connectivity index (χ2v) is 18.7. The monoisotopic (exact) mass is 904 g/mol. The number of amides is 1. The minimum atomic E-state index is -1.45. The number of aliphatic hydroxyl groups excluding tert-OH is 1. The van der Waals surface area contributed by atoms with Crippen LogP contribution in [-0.4, -0.2) is 133 Å². The molecule has 1 amide bonds. The number of carbonyl (C=O) groups is 4. The van der Waals surface area contributed by atoms with Crippen molar-refractivity contribution >= 4 is 51.3 Å². The number of benzene rings is 2. The first-order valence-corrected chi connectivity index (χ1v) is 22.9. The van der Waals surface area contributed by atoms with Crippen molar-refractivity contribution in [1.82, 2.24) is 15.2 Å². The molecule has 65 heavy (non-hydrogen) atoms. The molecule has 13 atom stereocenters. The quantitative estimate of drug-likeness (QED) is 0.0648. The zero-order valence-corrected chi connectivity index (χ0v) is 39.7. The Hall–Kier alpha value is -4.74. The molecular weight excluding hydrogens is 837 g/mol. The van der Waals surface area contributed by atoms with Crippen LogP contribution in [0.2, 0.25) is 0 Å². The van der Waals surface area contributed by atoms with Gasteiger partial charge in [0.2, 0.25) is 0 Å². The maximum absolute atomic E-state index is 14.4. The Labute approximate surface area is 382 Å². The van der Waals surface area contributed by atoms with Gasteiger partial charge >= 0.3 is 12.1 Å². The summed E-state index contributed by atoms with van der Waals surface area (Å²) in [6.07, 6.45) is -4.21. The number of para-hydroxylation sites is 2. The molecule has 3 aliphatic heterocycles. The standard InChI is InChI=1S/C49H68N4O12/c1-12-37-49(8)43(64-47(58)65-49)29(4)39(52-60-24-18-17-23-50-44(56)38-32-19-13-15-21-34(32)51-35-22-16-14-20-33(35)38)27(2)26-48(7,59-11)42(30(5)40(54)31(6)45(57)62-37)63-46-41(55)36(53(9)10)25-28(3)61-46/h13-16,19-22,27-31,36-37,41-43,46,55H,12,17-18,23-26H2,1-11H3,(H,50,56)/b52-39+/t27-,28-,29+,30+,31-,36+,37-,41-,42-,43-,46+,48-,49-/m1/s1. The van der Waals surface area contributed by atoms with Crippen molar-refractivity contribution in [3.63, 3.8) is 0 Å². The van der Waals surface area contributed by atoms with Crippen molar-refractivity contribution in [2.75, 3.05) is 34.4 Å². The molecule has 0 spiro atoms. The highest BCUT2D eigenvalue weighted by atomic mass is 16.8. The highest BCUT2D eigenvalue weighted by Crippen LogP contribution is 2.42. The summed E-state index contributed by atoms with van der Waals surface area (Å²) >= 11 is 0. The molecule has 3 saturated heterocycles. The van der Waals surface area contributed by atoms with E-state index < -0.39 is 83.5 Å². The van der Waals surface area contributed by atoms with Crippen LogP contribution in [0.1, 0.15) is 97.9 Å². The molecule has 1 aromatic heterocycles. The van der Waals surface area contributed by atoms with Gasteiger partial charge in [-0.2, -0.15) is 0 Å². The van der Waals surface area contributed by atoms with Gasteiger partial charge in [-0.05, 0) is 86.0 Å². The van der Waals surface area contributed by atoms with Crippen LogP contribution in [0.3, 0.4) is 0 Å². The topological polar surface area (TPSA) is 194 Å². The smallest absolute Gasteiger partial charge is 0.457 e. The molecule has 2 N–H and O–H groups in total. The summed E-state index contributed by atoms with van der Waals surface area (Å²) in [5, 5.41) is 20.9. The van der Waals surface area contributed by atoms with Gasteiger partial charge in [0.05, 0.1) is 40.1 Å². The van der Waals surface area contributed by atoms with Gasteiger partial charge in [-0.1, -0.05) is 69.2 Å². The molecule has 3 fully saturated rings. The number of Topliss-reactive ketones (excluding diaryl/α,β-unsaturated/α-hetero) is 1. The van der Waals surface area contributed by atoms with E-state index in [0.717, 1.165) is 21.8 Å². The molecule has 0 aliphatic carbocycles. The number of nitrogens with one attached hydrogen (secondary N) is 1. The number of nitrogens with zero attached hydrogens (tertiary/aromatic N) is 3. The third-order valence-corrected chi connectivity index (χ3v) is 13.7. The van der Waals surface area contributed by atoms with Crippen molar-refractivity contribution in [2.24, 2.45) is 28.8 Å². The predicted molar refractivity (Wildman–Crippen MR) is 243 cm³/mol. The lowest BCUT2D eigenvalue weighted by atomic mass is 9.74. The summed E-state index contributed by atoms with van der Waals surface area (Å²) in [5.41, 5.74) is -0.130. The number of pyridine rings is 1. The van der Waals surface area contributed by atoms with Crippen LogP contribution in [0.4, 0.5) is 4.79 Å². The largest absolute Gasteiger partial charge is 0.509 e. The molecule has 0 bridgehead atoms. The van der Waals surface area contributed by atoms with Crippen LogP contribution >= 0.6 is 0 Å². The average Bonchev–Trinajstić information content (AvgIpc) is 3.60. The highest BCUT2D eigenvalue weighted by Gasteiger charge is 2.59. The molecule has 16 nitrogen and oxygen atoms in total. The number of cyclic esters (lactones) is 1. The predicted octanol–water partition coefficient (Wildman–Crippen LogP) is 6.62. The van der Waals surface area contributed by atoms with Crippen molar-refractivity contribution in [1.29, 1.82) is 0 Å². The number of fused-ring (bicyclic) bond motifs is 3. The molecule has 2 aromatic carbocycles. The first-order chi connectivity index (χ1) is 30.8. The number of carbonyl (C=O) groups excluding carboxylic acids is 4. The summed E-state index contributed by atoms with van der Waals surface area (Å²) < 4.78 is 37.0. The minimum absolute atomic E-state index is 0.193. The number of ether oxygens (including phenoxy) is 6. The number of hydrogen-bond acceptors (Lipinski definition) is 15. The number of methoxy groups -OCH3 is 1. The lowest BCUT2D eigenvalue weighted by Crippen LogP contribution is -2.59. The van der Waals surface area contributed by atoms with Gasteiger partial charge in [-0.15, -0.1) is 0 Å². The number of rotatable bonds is 12. The third-order valence-electron chi connectivity index (χ3n) is 13.7. The number of aromatic nitrogens is 1. The molecule has 16 heteroatoms. The number of hydrogen-bond donors (Lipinski definition) is 2. The van der Waals surface area contributed by atoms with Crippen LogP contribution in [-0.2, 0) is 42.8 Å². The van der Waals surface area contributed by atoms with E-state index in [1.165, 1.54) is 14.0 Å². The fraction of sp³-hybridized carbons (Fsp3) is 0.633. The summed E-state index contributed by atoms with van der Waals surface area (Å²) in [7, 11) is 5.28. The normalized spacial score (nSPS) is 34.4. The Morgan fingerprint density at radius 3 is 2.22 bits per heavy atom. The second kappa shape index (κ2) is 20.8. The first kappa shape index (κ1) is 49.7. The van der Waals surface area contributed by atoms with E-state index in [1.807, 2.05) is 95.2 Å². The Kier molecular flexibility index (Phi) is 15.9. The number of aliphatic hydroxyl groups is 1. The molecule has 356 valence electrons. The zero-order chi connectivity index (χ0) is 47.4. The Balaban J connectivity index is 1.26. The Morgan fingerprint density at radius 2 is 1.60 bits per heavy atom. The van der Waals surface area contributed by atoms with E-state index in [0.29, 0.717) is 37.1 Å². The molecule has 0 saturated carbocycles. The van der Waals surface area contributed by atoms with Gasteiger partial charge < -0.3 is 48.6 Å². The Morgan fingerprint density at radius 1 is 0.954 bits per heavy atom. The van der Waals surface area contributed by atoms with E-state index in [-0.39, 0.29) is 37.5 Å². The molecule has 3 aromatic rings. The van der Waals surface area contributed by atoms with Crippen molar-refractivity contribution in [3.05, 3.63) is 54.1 Å². The third kappa shape index (κ3) is 10.5. The fourth-order valence-electron chi connectivity index (χ4n) is 10.0. The zero-order valence-electron chi connectivity index (χ0n) is 39.7. The van der Waals surface area contributed by atoms with Crippen LogP contribution in [0.25, 0.3) is 21.8 Å². The van der Waals surface area contributed by atoms with Crippen molar-refractivity contribution < 1.29 is 57.5 Å². The molecule has 3 aliphatic rings.